The van der Waals surface area contributed by atoms with E-state index in [4.69, 9.17) is 0 Å². The molecular weight excluding hydrogens is 178 g/mol. The Morgan fingerprint density at radius 3 is 2.86 bits per heavy atom. The molecule has 78 valence electrons. The Bertz CT molecular complexity index is 250. The Labute approximate surface area is 84.1 Å². The second-order valence-corrected chi connectivity index (χ2v) is 3.66. The van der Waals surface area contributed by atoms with Crippen molar-refractivity contribution in [1.29, 1.82) is 0 Å². The lowest BCUT2D eigenvalue weighted by Gasteiger charge is -2.32. The average molecular weight is 195 g/mol. The fraction of sp³-hybridized carbons (Fsp3) is 0.667. The molecule has 1 aliphatic rings. The first-order valence-corrected chi connectivity index (χ1v) is 5.00. The lowest BCUT2D eigenvalue weighted by molar-refractivity contribution is 0.101. The topological polar surface area (TPSA) is 47.2 Å². The Morgan fingerprint density at radius 1 is 1.43 bits per heavy atom. The first-order chi connectivity index (χ1) is 6.84. The van der Waals surface area contributed by atoms with Crippen molar-refractivity contribution in [2.24, 2.45) is 0 Å². The maximum Gasteiger partial charge on any atom is 0.121 e. The van der Waals surface area contributed by atoms with Gasteiger partial charge in [0.05, 0.1) is 6.54 Å². The normalized spacial score (nSPS) is 20.1. The molecule has 1 fully saturated rings. The summed E-state index contributed by atoms with van der Waals surface area (Å²) in [5, 5.41) is 2.25. The number of nitrogens with one attached hydrogen (secondary N) is 2. The maximum absolute atomic E-state index is 4.16. The maximum atomic E-state index is 4.16. The smallest absolute Gasteiger partial charge is 0.121 e. The van der Waals surface area contributed by atoms with Gasteiger partial charge in [0, 0.05) is 38.6 Å². The van der Waals surface area contributed by atoms with Crippen LogP contribution in [-0.2, 0) is 6.54 Å². The summed E-state index contributed by atoms with van der Waals surface area (Å²) in [4.78, 5) is 9.57. The molecule has 0 radical (unpaired) electrons. The molecule has 5 heteroatoms. The van der Waals surface area contributed by atoms with Gasteiger partial charge in [-0.1, -0.05) is 0 Å². The number of piperazine rings is 1. The number of hydrogen-bond acceptors (Lipinski definition) is 4. The number of likely N-dealkylation sites (N-methyl/N-ethyl adjacent to an activating group) is 1. The fourth-order valence-corrected chi connectivity index (χ4v) is 1.55. The molecule has 5 nitrogen and oxygen atoms in total. The van der Waals surface area contributed by atoms with Gasteiger partial charge in [-0.15, -0.1) is 0 Å². The van der Waals surface area contributed by atoms with Crippen LogP contribution in [0, 0.1) is 0 Å². The molecule has 0 aromatic carbocycles. The number of rotatable bonds is 3. The van der Waals surface area contributed by atoms with Crippen LogP contribution in [0.25, 0.3) is 0 Å². The number of hydrogen-bond donors (Lipinski definition) is 2. The molecular formula is C9H17N5. The monoisotopic (exact) mass is 195 g/mol. The molecule has 2 N–H and O–H groups in total. The molecule has 0 unspecified atom stereocenters. The lowest BCUT2D eigenvalue weighted by atomic mass is 10.4. The van der Waals surface area contributed by atoms with Gasteiger partial charge in [0.2, 0.25) is 0 Å². The SMILES string of the molecule is CN1CCN(NCc2ncc[nH]2)CC1. The van der Waals surface area contributed by atoms with E-state index in [1.165, 1.54) is 0 Å². The second kappa shape index (κ2) is 4.54. The Hall–Kier alpha value is -0.910. The molecule has 2 heterocycles. The average Bonchev–Trinajstić information content (AvgIpc) is 2.70. The van der Waals surface area contributed by atoms with Crippen LogP contribution in [0.15, 0.2) is 12.4 Å². The minimum atomic E-state index is 0.788. The standard InChI is InChI=1S/C9H17N5/c1-13-4-6-14(7-5-13)12-8-9-10-2-3-11-9/h2-3,12H,4-8H2,1H3,(H,10,11). The number of imidazole rings is 1. The van der Waals surface area contributed by atoms with Gasteiger partial charge in [-0.25, -0.2) is 15.4 Å². The number of aromatic nitrogens is 2. The van der Waals surface area contributed by atoms with E-state index in [1.807, 2.05) is 6.20 Å². The highest BCUT2D eigenvalue weighted by molar-refractivity contribution is 4.85. The van der Waals surface area contributed by atoms with Gasteiger partial charge in [-0.3, -0.25) is 0 Å². The highest BCUT2D eigenvalue weighted by Crippen LogP contribution is 1.96. The van der Waals surface area contributed by atoms with Gasteiger partial charge in [0.25, 0.3) is 0 Å². The summed E-state index contributed by atoms with van der Waals surface area (Å²) in [5.74, 6) is 0.990. The van der Waals surface area contributed by atoms with Crippen molar-refractivity contribution in [2.45, 2.75) is 6.54 Å². The van der Waals surface area contributed by atoms with Crippen LogP contribution in [0.3, 0.4) is 0 Å². The molecule has 1 saturated heterocycles. The minimum absolute atomic E-state index is 0.788. The molecule has 1 aliphatic heterocycles. The predicted molar refractivity (Wildman–Crippen MR) is 54.5 cm³/mol. The van der Waals surface area contributed by atoms with Crippen LogP contribution < -0.4 is 5.43 Å². The first kappa shape index (κ1) is 9.64. The van der Waals surface area contributed by atoms with Crippen LogP contribution in [-0.4, -0.2) is 53.1 Å². The Balaban J connectivity index is 1.71. The molecule has 1 aromatic rings. The van der Waals surface area contributed by atoms with Gasteiger partial charge in [-0.2, -0.15) is 0 Å². The van der Waals surface area contributed by atoms with Crippen LogP contribution in [0.5, 0.6) is 0 Å². The van der Waals surface area contributed by atoms with Crippen molar-refractivity contribution in [3.8, 4) is 0 Å². The third-order valence-corrected chi connectivity index (χ3v) is 2.53. The number of hydrazine groups is 1. The fourth-order valence-electron chi connectivity index (χ4n) is 1.55. The van der Waals surface area contributed by atoms with Crippen LogP contribution in [0.2, 0.25) is 0 Å². The van der Waals surface area contributed by atoms with E-state index in [-0.39, 0.29) is 0 Å². The van der Waals surface area contributed by atoms with Gasteiger partial charge in [0.1, 0.15) is 5.82 Å². The molecule has 0 spiro atoms. The predicted octanol–water partition coefficient (Wildman–Crippen LogP) is -0.338. The summed E-state index contributed by atoms with van der Waals surface area (Å²) in [6, 6.07) is 0. The summed E-state index contributed by atoms with van der Waals surface area (Å²) in [6.45, 7) is 5.21. The van der Waals surface area contributed by atoms with E-state index < -0.39 is 0 Å². The van der Waals surface area contributed by atoms with E-state index in [0.29, 0.717) is 0 Å². The molecule has 0 bridgehead atoms. The van der Waals surface area contributed by atoms with E-state index in [0.717, 1.165) is 38.5 Å². The van der Waals surface area contributed by atoms with Gasteiger partial charge in [-0.05, 0) is 7.05 Å². The third kappa shape index (κ3) is 2.54. The van der Waals surface area contributed by atoms with E-state index in [9.17, 15) is 0 Å². The summed E-state index contributed by atoms with van der Waals surface area (Å²) < 4.78 is 0. The van der Waals surface area contributed by atoms with Crippen molar-refractivity contribution >= 4 is 0 Å². The molecule has 0 atom stereocenters. The number of nitrogens with zero attached hydrogens (tertiary/aromatic N) is 3. The molecule has 14 heavy (non-hydrogen) atoms. The highest BCUT2D eigenvalue weighted by Gasteiger charge is 2.12. The summed E-state index contributed by atoms with van der Waals surface area (Å²) in [7, 11) is 2.16. The quantitative estimate of drug-likeness (QED) is 0.693. The first-order valence-electron chi connectivity index (χ1n) is 5.00. The van der Waals surface area contributed by atoms with Crippen molar-refractivity contribution in [3.05, 3.63) is 18.2 Å². The zero-order valence-corrected chi connectivity index (χ0v) is 8.53. The molecule has 0 saturated carbocycles. The summed E-state index contributed by atoms with van der Waals surface area (Å²) in [5.41, 5.74) is 3.36. The molecule has 0 aliphatic carbocycles. The van der Waals surface area contributed by atoms with Crippen LogP contribution in [0.1, 0.15) is 5.82 Å². The van der Waals surface area contributed by atoms with Crippen molar-refractivity contribution in [1.82, 2.24) is 25.3 Å². The number of aromatic amines is 1. The largest absolute Gasteiger partial charge is 0.347 e. The molecule has 2 rings (SSSR count). The van der Waals surface area contributed by atoms with Crippen LogP contribution >= 0.6 is 0 Å². The Kier molecular flexibility index (Phi) is 3.13. The van der Waals surface area contributed by atoms with E-state index in [1.54, 1.807) is 6.20 Å². The summed E-state index contributed by atoms with van der Waals surface area (Å²) in [6.07, 6.45) is 3.63. The van der Waals surface area contributed by atoms with Gasteiger partial charge >= 0.3 is 0 Å². The molecule has 1 aromatic heterocycles. The zero-order valence-electron chi connectivity index (χ0n) is 8.53. The minimum Gasteiger partial charge on any atom is -0.347 e. The van der Waals surface area contributed by atoms with E-state index in [2.05, 4.69) is 32.4 Å². The van der Waals surface area contributed by atoms with Gasteiger partial charge < -0.3 is 9.88 Å². The zero-order chi connectivity index (χ0) is 9.80. The van der Waals surface area contributed by atoms with Crippen LogP contribution in [0.4, 0.5) is 0 Å². The summed E-state index contributed by atoms with van der Waals surface area (Å²) >= 11 is 0. The highest BCUT2D eigenvalue weighted by atomic mass is 15.5. The van der Waals surface area contributed by atoms with E-state index >= 15 is 0 Å². The number of H-pyrrole nitrogens is 1. The lowest BCUT2D eigenvalue weighted by Crippen LogP contribution is -2.50. The second-order valence-electron chi connectivity index (χ2n) is 3.66. The van der Waals surface area contributed by atoms with Crippen molar-refractivity contribution < 1.29 is 0 Å². The third-order valence-electron chi connectivity index (χ3n) is 2.53. The van der Waals surface area contributed by atoms with Gasteiger partial charge in [0.15, 0.2) is 0 Å². The van der Waals surface area contributed by atoms with Crippen molar-refractivity contribution in [3.63, 3.8) is 0 Å². The van der Waals surface area contributed by atoms with Crippen molar-refractivity contribution in [2.75, 3.05) is 33.2 Å². The Morgan fingerprint density at radius 2 is 2.21 bits per heavy atom. The molecule has 0 amide bonds.